The lowest BCUT2D eigenvalue weighted by atomic mass is 10.1. The summed E-state index contributed by atoms with van der Waals surface area (Å²) in [6.07, 6.45) is 1.16. The zero-order valence-corrected chi connectivity index (χ0v) is 20.4. The number of thioether (sulfide) groups is 1. The molecule has 0 radical (unpaired) electrons. The van der Waals surface area contributed by atoms with Crippen LogP contribution >= 0.6 is 23.4 Å². The predicted octanol–water partition coefficient (Wildman–Crippen LogP) is 5.71. The number of carbonyl (C=O) groups is 2. The van der Waals surface area contributed by atoms with Crippen LogP contribution < -0.4 is 5.32 Å². The maximum absolute atomic E-state index is 13.1. The Morgan fingerprint density at radius 3 is 2.39 bits per heavy atom. The third-order valence-corrected chi connectivity index (χ3v) is 6.42. The van der Waals surface area contributed by atoms with Gasteiger partial charge in [-0.2, -0.15) is 0 Å². The minimum atomic E-state index is -0.519. The average Bonchev–Trinajstić information content (AvgIpc) is 2.75. The van der Waals surface area contributed by atoms with Crippen molar-refractivity contribution in [3.8, 4) is 0 Å². The minimum Gasteiger partial charge on any atom is -0.354 e. The van der Waals surface area contributed by atoms with Gasteiger partial charge in [-0.15, -0.1) is 11.8 Å². The van der Waals surface area contributed by atoms with Gasteiger partial charge in [0.2, 0.25) is 11.8 Å². The Bertz CT molecular complexity index is 855. The topological polar surface area (TPSA) is 49.4 Å². The van der Waals surface area contributed by atoms with Crippen molar-refractivity contribution in [1.82, 2.24) is 10.2 Å². The first-order valence-electron chi connectivity index (χ1n) is 10.8. The molecule has 0 saturated heterocycles. The van der Waals surface area contributed by atoms with E-state index in [1.54, 1.807) is 16.7 Å². The van der Waals surface area contributed by atoms with Crippen molar-refractivity contribution in [1.29, 1.82) is 0 Å². The van der Waals surface area contributed by atoms with Crippen LogP contribution in [-0.4, -0.2) is 35.1 Å². The van der Waals surface area contributed by atoms with Crippen LogP contribution in [0.5, 0.6) is 0 Å². The summed E-state index contributed by atoms with van der Waals surface area (Å²) in [5.41, 5.74) is 2.18. The molecule has 0 aliphatic heterocycles. The number of halogens is 1. The van der Waals surface area contributed by atoms with Gasteiger partial charge in [0.15, 0.2) is 0 Å². The highest BCUT2D eigenvalue weighted by atomic mass is 35.5. The fourth-order valence-electron chi connectivity index (χ4n) is 3.09. The van der Waals surface area contributed by atoms with Crippen LogP contribution in [0.4, 0.5) is 0 Å². The van der Waals surface area contributed by atoms with Crippen molar-refractivity contribution in [3.05, 3.63) is 64.7 Å². The summed E-state index contributed by atoms with van der Waals surface area (Å²) in [6, 6.07) is 15.2. The number of nitrogens with zero attached hydrogens (tertiary/aromatic N) is 1. The van der Waals surface area contributed by atoms with Crippen molar-refractivity contribution in [2.24, 2.45) is 5.92 Å². The van der Waals surface area contributed by atoms with Crippen LogP contribution in [0.3, 0.4) is 0 Å². The van der Waals surface area contributed by atoms with Gasteiger partial charge in [-0.3, -0.25) is 9.59 Å². The Kier molecular flexibility index (Phi) is 10.4. The van der Waals surface area contributed by atoms with E-state index in [9.17, 15) is 9.59 Å². The van der Waals surface area contributed by atoms with Crippen LogP contribution in [0.25, 0.3) is 0 Å². The first-order valence-corrected chi connectivity index (χ1v) is 12.1. The molecule has 0 fully saturated rings. The van der Waals surface area contributed by atoms with Crippen LogP contribution in [0, 0.1) is 12.8 Å². The van der Waals surface area contributed by atoms with Gasteiger partial charge >= 0.3 is 0 Å². The van der Waals surface area contributed by atoms with Crippen LogP contribution in [0.2, 0.25) is 5.02 Å². The van der Waals surface area contributed by atoms with Gasteiger partial charge in [-0.25, -0.2) is 0 Å². The zero-order chi connectivity index (χ0) is 22.8. The standard InChI is InChI=1S/C25H33ClN2O2S/c1-18(2)16-27-25(30)20(4)28(17-21-9-6-5-8-19(21)3)24(29)10-7-15-31-23-13-11-22(26)12-14-23/h5-6,8-9,11-14,18,20H,7,10,15-17H2,1-4H3,(H,27,30)/t20-/m0/s1. The maximum atomic E-state index is 13.1. The third-order valence-electron chi connectivity index (χ3n) is 5.07. The summed E-state index contributed by atoms with van der Waals surface area (Å²) in [6.45, 7) is 9.00. The molecule has 0 bridgehead atoms. The quantitative estimate of drug-likeness (QED) is 0.345. The molecule has 0 aliphatic carbocycles. The molecule has 4 nitrogen and oxygen atoms in total. The summed E-state index contributed by atoms with van der Waals surface area (Å²) >= 11 is 7.64. The van der Waals surface area contributed by atoms with E-state index < -0.39 is 6.04 Å². The number of amides is 2. The smallest absolute Gasteiger partial charge is 0.242 e. The highest BCUT2D eigenvalue weighted by molar-refractivity contribution is 7.99. The van der Waals surface area contributed by atoms with Gasteiger partial charge in [-0.05, 0) is 67.3 Å². The SMILES string of the molecule is Cc1ccccc1CN(C(=O)CCCSc1ccc(Cl)cc1)[C@@H](C)C(=O)NCC(C)C. The van der Waals surface area contributed by atoms with E-state index in [1.165, 1.54) is 0 Å². The van der Waals surface area contributed by atoms with Crippen molar-refractivity contribution in [3.63, 3.8) is 0 Å². The molecular weight excluding hydrogens is 428 g/mol. The lowest BCUT2D eigenvalue weighted by molar-refractivity contribution is -0.140. The molecule has 0 aromatic heterocycles. The first kappa shape index (κ1) is 25.3. The highest BCUT2D eigenvalue weighted by Gasteiger charge is 2.26. The molecule has 31 heavy (non-hydrogen) atoms. The molecule has 0 aliphatic rings. The zero-order valence-electron chi connectivity index (χ0n) is 18.9. The molecule has 2 amide bonds. The molecule has 1 atom stereocenters. The van der Waals surface area contributed by atoms with Crippen molar-refractivity contribution in [2.75, 3.05) is 12.3 Å². The lowest BCUT2D eigenvalue weighted by Crippen LogP contribution is -2.48. The normalized spacial score (nSPS) is 11.9. The summed E-state index contributed by atoms with van der Waals surface area (Å²) in [7, 11) is 0. The number of nitrogens with one attached hydrogen (secondary N) is 1. The molecule has 1 N–H and O–H groups in total. The first-order chi connectivity index (χ1) is 14.8. The Morgan fingerprint density at radius 2 is 1.74 bits per heavy atom. The van der Waals surface area contributed by atoms with Gasteiger partial charge in [0.25, 0.3) is 0 Å². The second kappa shape index (κ2) is 12.8. The van der Waals surface area contributed by atoms with Gasteiger partial charge < -0.3 is 10.2 Å². The fourth-order valence-corrected chi connectivity index (χ4v) is 4.07. The Hall–Kier alpha value is -1.98. The van der Waals surface area contributed by atoms with Crippen molar-refractivity contribution in [2.45, 2.75) is 58.0 Å². The second-order valence-corrected chi connectivity index (χ2v) is 9.77. The largest absolute Gasteiger partial charge is 0.354 e. The van der Waals surface area contributed by atoms with E-state index in [0.717, 1.165) is 33.2 Å². The summed E-state index contributed by atoms with van der Waals surface area (Å²) in [5, 5.41) is 3.68. The molecule has 2 aromatic carbocycles. The van der Waals surface area contributed by atoms with Crippen molar-refractivity contribution < 1.29 is 9.59 Å². The van der Waals surface area contributed by atoms with Gasteiger partial charge in [0.1, 0.15) is 6.04 Å². The monoisotopic (exact) mass is 460 g/mol. The summed E-state index contributed by atoms with van der Waals surface area (Å²) < 4.78 is 0. The van der Waals surface area contributed by atoms with Gasteiger partial charge in [0, 0.05) is 29.4 Å². The van der Waals surface area contributed by atoms with E-state index in [2.05, 4.69) is 19.2 Å². The van der Waals surface area contributed by atoms with E-state index in [4.69, 9.17) is 11.6 Å². The van der Waals surface area contributed by atoms with Crippen molar-refractivity contribution >= 4 is 35.2 Å². The van der Waals surface area contributed by atoms with E-state index in [0.29, 0.717) is 25.4 Å². The van der Waals surface area contributed by atoms with Crippen LogP contribution in [-0.2, 0) is 16.1 Å². The molecule has 168 valence electrons. The molecular formula is C25H33ClN2O2S. The van der Waals surface area contributed by atoms with E-state index >= 15 is 0 Å². The Labute approximate surface area is 195 Å². The second-order valence-electron chi connectivity index (χ2n) is 8.17. The number of aryl methyl sites for hydroxylation is 1. The van der Waals surface area contributed by atoms with E-state index in [-0.39, 0.29) is 11.8 Å². The van der Waals surface area contributed by atoms with Gasteiger partial charge in [-0.1, -0.05) is 49.7 Å². The average molecular weight is 461 g/mol. The summed E-state index contributed by atoms with van der Waals surface area (Å²) in [5.74, 6) is 1.10. The summed E-state index contributed by atoms with van der Waals surface area (Å²) in [4.78, 5) is 28.7. The third kappa shape index (κ3) is 8.58. The van der Waals surface area contributed by atoms with E-state index in [1.807, 2.05) is 62.4 Å². The number of carbonyl (C=O) groups excluding carboxylic acids is 2. The maximum Gasteiger partial charge on any atom is 0.242 e. The molecule has 6 heteroatoms. The molecule has 0 heterocycles. The number of benzene rings is 2. The fraction of sp³-hybridized carbons (Fsp3) is 0.440. The van der Waals surface area contributed by atoms with Crippen LogP contribution in [0.15, 0.2) is 53.4 Å². The molecule has 0 saturated carbocycles. The predicted molar refractivity (Wildman–Crippen MR) is 130 cm³/mol. The molecule has 2 aromatic rings. The van der Waals surface area contributed by atoms with Crippen LogP contribution in [0.1, 0.15) is 44.7 Å². The highest BCUT2D eigenvalue weighted by Crippen LogP contribution is 2.22. The van der Waals surface area contributed by atoms with Gasteiger partial charge in [0.05, 0.1) is 0 Å². The number of hydrogen-bond donors (Lipinski definition) is 1. The molecule has 0 unspecified atom stereocenters. The molecule has 2 rings (SSSR count). The lowest BCUT2D eigenvalue weighted by Gasteiger charge is -2.29. The molecule has 0 spiro atoms. The Morgan fingerprint density at radius 1 is 1.06 bits per heavy atom. The minimum absolute atomic E-state index is 0.00663. The number of hydrogen-bond acceptors (Lipinski definition) is 3. The Balaban J connectivity index is 2.00. The number of rotatable bonds is 11.